The van der Waals surface area contributed by atoms with Crippen molar-refractivity contribution < 1.29 is 4.74 Å². The number of ether oxygens (including phenoxy) is 1. The predicted molar refractivity (Wildman–Crippen MR) is 133 cm³/mol. The van der Waals surface area contributed by atoms with Crippen LogP contribution in [0.5, 0.6) is 0 Å². The molecule has 7 heteroatoms. The number of halogens is 1. The molecular formula is C22H38IN5O. The molecule has 2 aliphatic heterocycles. The van der Waals surface area contributed by atoms with Gasteiger partial charge in [0, 0.05) is 44.5 Å². The zero-order valence-corrected chi connectivity index (χ0v) is 20.4. The maximum atomic E-state index is 5.51. The van der Waals surface area contributed by atoms with Gasteiger partial charge in [-0.2, -0.15) is 0 Å². The summed E-state index contributed by atoms with van der Waals surface area (Å²) in [4.78, 5) is 9.90. The molecule has 1 aromatic rings. The average molecular weight is 515 g/mol. The first-order chi connectivity index (χ1) is 13.8. The fourth-order valence-corrected chi connectivity index (χ4v) is 4.05. The Kier molecular flexibility index (Phi) is 11.1. The molecule has 0 radical (unpaired) electrons. The van der Waals surface area contributed by atoms with Gasteiger partial charge < -0.3 is 25.2 Å². The summed E-state index contributed by atoms with van der Waals surface area (Å²) in [6, 6.07) is 9.14. The van der Waals surface area contributed by atoms with Crippen molar-refractivity contribution in [3.05, 3.63) is 29.8 Å². The number of nitrogens with one attached hydrogen (secondary N) is 2. The fraction of sp³-hybridized carbons (Fsp3) is 0.682. The third kappa shape index (κ3) is 7.61. The van der Waals surface area contributed by atoms with E-state index < -0.39 is 0 Å². The highest BCUT2D eigenvalue weighted by molar-refractivity contribution is 14.0. The first-order valence-corrected chi connectivity index (χ1v) is 11.0. The van der Waals surface area contributed by atoms with Crippen LogP contribution in [0.15, 0.2) is 29.3 Å². The van der Waals surface area contributed by atoms with E-state index in [1.807, 2.05) is 0 Å². The summed E-state index contributed by atoms with van der Waals surface area (Å²) >= 11 is 0. The van der Waals surface area contributed by atoms with Gasteiger partial charge in [-0.05, 0) is 44.4 Å². The number of guanidine groups is 1. The quantitative estimate of drug-likeness (QED) is 0.332. The smallest absolute Gasteiger partial charge is 0.191 e. The van der Waals surface area contributed by atoms with Crippen molar-refractivity contribution in [3.8, 4) is 0 Å². The number of nitrogens with zero attached hydrogens (tertiary/aromatic N) is 3. The highest BCUT2D eigenvalue weighted by Crippen LogP contribution is 2.22. The molecule has 0 bridgehead atoms. The zero-order chi connectivity index (χ0) is 19.6. The highest BCUT2D eigenvalue weighted by atomic mass is 127. The number of morpholine rings is 1. The molecule has 0 saturated carbocycles. The normalized spacial score (nSPS) is 19.0. The molecule has 0 aliphatic carbocycles. The summed E-state index contributed by atoms with van der Waals surface area (Å²) < 4.78 is 5.51. The number of hydrogen-bond donors (Lipinski definition) is 2. The van der Waals surface area contributed by atoms with Gasteiger partial charge >= 0.3 is 0 Å². The van der Waals surface area contributed by atoms with Gasteiger partial charge in [-0.3, -0.25) is 0 Å². The van der Waals surface area contributed by atoms with Crippen molar-refractivity contribution >= 4 is 35.6 Å². The number of piperidine rings is 1. The second-order valence-electron chi connectivity index (χ2n) is 7.68. The van der Waals surface area contributed by atoms with E-state index in [0.717, 1.165) is 38.8 Å². The average Bonchev–Trinajstić information content (AvgIpc) is 2.74. The van der Waals surface area contributed by atoms with Gasteiger partial charge in [0.2, 0.25) is 0 Å². The van der Waals surface area contributed by atoms with Gasteiger partial charge in [0.15, 0.2) is 5.96 Å². The maximum Gasteiger partial charge on any atom is 0.191 e. The van der Waals surface area contributed by atoms with E-state index >= 15 is 0 Å². The van der Waals surface area contributed by atoms with Crippen molar-refractivity contribution in [2.45, 2.75) is 45.7 Å². The predicted octanol–water partition coefficient (Wildman–Crippen LogP) is 3.07. The molecular weight excluding hydrogens is 477 g/mol. The zero-order valence-electron chi connectivity index (χ0n) is 18.0. The molecule has 1 aromatic carbocycles. The Morgan fingerprint density at radius 1 is 1.10 bits per heavy atom. The molecule has 0 amide bonds. The Bertz CT molecular complexity index is 613. The summed E-state index contributed by atoms with van der Waals surface area (Å²) in [6.07, 6.45) is 3.62. The Morgan fingerprint density at radius 3 is 2.52 bits per heavy atom. The molecule has 6 nitrogen and oxygen atoms in total. The van der Waals surface area contributed by atoms with Gasteiger partial charge in [0.1, 0.15) is 0 Å². The summed E-state index contributed by atoms with van der Waals surface area (Å²) in [5, 5.41) is 7.09. The molecule has 3 rings (SSSR count). The monoisotopic (exact) mass is 515 g/mol. The molecule has 0 spiro atoms. The minimum absolute atomic E-state index is 0. The van der Waals surface area contributed by atoms with Crippen molar-refractivity contribution in [2.75, 3.05) is 57.4 Å². The van der Waals surface area contributed by atoms with Crippen LogP contribution in [0.4, 0.5) is 5.69 Å². The first kappa shape index (κ1) is 24.2. The molecule has 164 valence electrons. The molecule has 0 aromatic heterocycles. The molecule has 2 fully saturated rings. The van der Waals surface area contributed by atoms with Crippen molar-refractivity contribution in [1.29, 1.82) is 0 Å². The second-order valence-corrected chi connectivity index (χ2v) is 7.68. The molecule has 29 heavy (non-hydrogen) atoms. The van der Waals surface area contributed by atoms with Crippen LogP contribution < -0.4 is 15.5 Å². The Morgan fingerprint density at radius 2 is 1.83 bits per heavy atom. The van der Waals surface area contributed by atoms with Crippen LogP contribution in [0.2, 0.25) is 0 Å². The van der Waals surface area contributed by atoms with Gasteiger partial charge in [0.25, 0.3) is 0 Å². The first-order valence-electron chi connectivity index (χ1n) is 11.0. The van der Waals surface area contributed by atoms with Crippen LogP contribution in [0.25, 0.3) is 0 Å². The standard InChI is InChI=1S/C22H37N5O.HI/c1-3-11-26-12-9-20(10-13-26)25-22(23-4-2)24-18-19-7-5-6-8-21(19)27-14-16-28-17-15-27;/h5-8,20H,3-4,9-18H2,1-2H3,(H2,23,24,25);1H. The summed E-state index contributed by atoms with van der Waals surface area (Å²) in [6.45, 7) is 13.1. The Balaban J connectivity index is 0.00000300. The van der Waals surface area contributed by atoms with Gasteiger partial charge in [0.05, 0.1) is 19.8 Å². The van der Waals surface area contributed by atoms with E-state index in [4.69, 9.17) is 9.73 Å². The summed E-state index contributed by atoms with van der Waals surface area (Å²) in [5.74, 6) is 0.938. The number of rotatable bonds is 7. The van der Waals surface area contributed by atoms with Crippen LogP contribution in [0.3, 0.4) is 0 Å². The lowest BCUT2D eigenvalue weighted by atomic mass is 10.1. The number of likely N-dealkylation sites (tertiary alicyclic amines) is 1. The number of aliphatic imine (C=N–C) groups is 1. The Labute approximate surface area is 193 Å². The lowest BCUT2D eigenvalue weighted by molar-refractivity contribution is 0.122. The largest absolute Gasteiger partial charge is 0.378 e. The number of anilines is 1. The minimum Gasteiger partial charge on any atom is -0.378 e. The lowest BCUT2D eigenvalue weighted by Crippen LogP contribution is -2.48. The van der Waals surface area contributed by atoms with Crippen molar-refractivity contribution in [3.63, 3.8) is 0 Å². The van der Waals surface area contributed by atoms with Crippen LogP contribution in [-0.2, 0) is 11.3 Å². The third-order valence-corrected chi connectivity index (χ3v) is 5.56. The van der Waals surface area contributed by atoms with Crippen LogP contribution in [0.1, 0.15) is 38.7 Å². The van der Waals surface area contributed by atoms with Crippen LogP contribution in [-0.4, -0.2) is 69.4 Å². The van der Waals surface area contributed by atoms with Crippen LogP contribution in [0, 0.1) is 0 Å². The van der Waals surface area contributed by atoms with E-state index in [1.165, 1.54) is 50.1 Å². The number of benzene rings is 1. The molecule has 2 N–H and O–H groups in total. The van der Waals surface area contributed by atoms with Gasteiger partial charge in [-0.1, -0.05) is 25.1 Å². The van der Waals surface area contributed by atoms with Gasteiger partial charge in [-0.15, -0.1) is 24.0 Å². The molecule has 0 unspecified atom stereocenters. The number of hydrogen-bond acceptors (Lipinski definition) is 4. The van der Waals surface area contributed by atoms with E-state index in [1.54, 1.807) is 0 Å². The van der Waals surface area contributed by atoms with Crippen molar-refractivity contribution in [1.82, 2.24) is 15.5 Å². The van der Waals surface area contributed by atoms with Crippen LogP contribution >= 0.6 is 24.0 Å². The van der Waals surface area contributed by atoms with E-state index in [2.05, 4.69) is 58.5 Å². The van der Waals surface area contributed by atoms with E-state index in [9.17, 15) is 0 Å². The summed E-state index contributed by atoms with van der Waals surface area (Å²) in [5.41, 5.74) is 2.57. The maximum absolute atomic E-state index is 5.51. The fourth-order valence-electron chi connectivity index (χ4n) is 4.05. The Hall–Kier alpha value is -1.06. The van der Waals surface area contributed by atoms with E-state index in [-0.39, 0.29) is 24.0 Å². The SMILES string of the molecule is CCCN1CCC(NC(=NCc2ccccc2N2CCOCC2)NCC)CC1.I. The third-order valence-electron chi connectivity index (χ3n) is 5.56. The van der Waals surface area contributed by atoms with Gasteiger partial charge in [-0.25, -0.2) is 4.99 Å². The van der Waals surface area contributed by atoms with Crippen molar-refractivity contribution in [2.24, 2.45) is 4.99 Å². The molecule has 2 aliphatic rings. The van der Waals surface area contributed by atoms with E-state index in [0.29, 0.717) is 12.6 Å². The highest BCUT2D eigenvalue weighted by Gasteiger charge is 2.19. The topological polar surface area (TPSA) is 52.1 Å². The minimum atomic E-state index is 0. The number of para-hydroxylation sites is 1. The second kappa shape index (κ2) is 13.3. The molecule has 0 atom stereocenters. The molecule has 2 heterocycles. The molecule has 2 saturated heterocycles. The lowest BCUT2D eigenvalue weighted by Gasteiger charge is -2.33. The summed E-state index contributed by atoms with van der Waals surface area (Å²) in [7, 11) is 0.